The third-order valence-corrected chi connectivity index (χ3v) is 3.67. The van der Waals surface area contributed by atoms with Gasteiger partial charge < -0.3 is 0 Å². The minimum absolute atomic E-state index is 0.0656. The van der Waals surface area contributed by atoms with Crippen LogP contribution < -0.4 is 11.2 Å². The number of H-pyrrole nitrogens is 2. The van der Waals surface area contributed by atoms with Gasteiger partial charge in [-0.2, -0.15) is 5.10 Å². The van der Waals surface area contributed by atoms with Crippen LogP contribution in [0.4, 0.5) is 0 Å². The van der Waals surface area contributed by atoms with E-state index in [1.54, 1.807) is 35.9 Å². The van der Waals surface area contributed by atoms with Gasteiger partial charge in [0.2, 0.25) is 0 Å². The number of rotatable bonds is 1. The van der Waals surface area contributed by atoms with Crippen LogP contribution in [0.1, 0.15) is 5.69 Å². The molecule has 114 valence electrons. The molecule has 3 heterocycles. The Balaban J connectivity index is 2.11. The zero-order valence-electron chi connectivity index (χ0n) is 11.8. The van der Waals surface area contributed by atoms with Crippen LogP contribution in [-0.2, 0) is 0 Å². The highest BCUT2D eigenvalue weighted by atomic mass is 35.5. The average molecular weight is 329 g/mol. The molecule has 0 atom stereocenters. The summed E-state index contributed by atoms with van der Waals surface area (Å²) < 4.78 is 1.59. The fraction of sp³-hybridized carbons (Fsp3) is 0.0714. The Kier molecular flexibility index (Phi) is 2.82. The predicted molar refractivity (Wildman–Crippen MR) is 85.2 cm³/mol. The standard InChI is InChI=1S/C14H9ClN6O2/c1-6-9-12(21(20-6)8-4-2-7(15)3-5-8)17-11-10(16-9)13(22)19-14(23)18-11/h2-5H,1H3,(H2,17,18,19,22,23). The molecule has 0 saturated heterocycles. The number of fused-ring (bicyclic) bond motifs is 2. The lowest BCUT2D eigenvalue weighted by Gasteiger charge is -2.03. The van der Waals surface area contributed by atoms with Gasteiger partial charge in [-0.15, -0.1) is 0 Å². The van der Waals surface area contributed by atoms with Crippen LogP contribution in [-0.4, -0.2) is 29.7 Å². The second-order valence-electron chi connectivity index (χ2n) is 4.97. The van der Waals surface area contributed by atoms with Crippen molar-refractivity contribution in [3.63, 3.8) is 0 Å². The topological polar surface area (TPSA) is 109 Å². The van der Waals surface area contributed by atoms with Crippen LogP contribution in [0.15, 0.2) is 33.9 Å². The van der Waals surface area contributed by atoms with Crippen molar-refractivity contribution in [2.45, 2.75) is 6.92 Å². The van der Waals surface area contributed by atoms with Crippen LogP contribution in [0.3, 0.4) is 0 Å². The summed E-state index contributed by atoms with van der Waals surface area (Å²) in [4.78, 5) is 36.5. The number of nitrogens with zero attached hydrogens (tertiary/aromatic N) is 4. The molecule has 3 aromatic heterocycles. The quantitative estimate of drug-likeness (QED) is 0.547. The average Bonchev–Trinajstić information content (AvgIpc) is 2.83. The Morgan fingerprint density at radius 2 is 1.78 bits per heavy atom. The number of hydrogen-bond donors (Lipinski definition) is 2. The maximum absolute atomic E-state index is 11.8. The Morgan fingerprint density at radius 1 is 1.04 bits per heavy atom. The second kappa shape index (κ2) is 4.75. The van der Waals surface area contributed by atoms with Crippen molar-refractivity contribution in [1.29, 1.82) is 0 Å². The van der Waals surface area contributed by atoms with E-state index in [4.69, 9.17) is 11.6 Å². The Labute approximate surface area is 132 Å². The molecule has 0 aliphatic rings. The summed E-state index contributed by atoms with van der Waals surface area (Å²) in [6, 6.07) is 7.06. The van der Waals surface area contributed by atoms with Gasteiger partial charge in [-0.1, -0.05) is 11.6 Å². The number of nitrogens with one attached hydrogen (secondary N) is 2. The van der Waals surface area contributed by atoms with E-state index in [0.717, 1.165) is 5.69 Å². The molecule has 0 aliphatic heterocycles. The summed E-state index contributed by atoms with van der Waals surface area (Å²) in [7, 11) is 0. The number of benzene rings is 1. The first-order chi connectivity index (χ1) is 11.0. The summed E-state index contributed by atoms with van der Waals surface area (Å²) in [6.07, 6.45) is 0. The monoisotopic (exact) mass is 328 g/mol. The van der Waals surface area contributed by atoms with Crippen molar-refractivity contribution in [1.82, 2.24) is 29.7 Å². The highest BCUT2D eigenvalue weighted by molar-refractivity contribution is 6.30. The number of hydrogen-bond acceptors (Lipinski definition) is 5. The molecule has 0 unspecified atom stereocenters. The van der Waals surface area contributed by atoms with Gasteiger partial charge in [0.25, 0.3) is 5.56 Å². The molecular formula is C14H9ClN6O2. The van der Waals surface area contributed by atoms with Crippen LogP contribution >= 0.6 is 11.6 Å². The molecule has 4 rings (SSSR count). The fourth-order valence-electron chi connectivity index (χ4n) is 2.37. The van der Waals surface area contributed by atoms with Gasteiger partial charge in [0.15, 0.2) is 16.8 Å². The maximum atomic E-state index is 11.8. The number of aromatic amines is 2. The van der Waals surface area contributed by atoms with Crippen molar-refractivity contribution in [3.8, 4) is 5.69 Å². The molecule has 0 radical (unpaired) electrons. The lowest BCUT2D eigenvalue weighted by Crippen LogP contribution is -2.23. The van der Waals surface area contributed by atoms with Crippen molar-refractivity contribution in [2.24, 2.45) is 0 Å². The predicted octanol–water partition coefficient (Wildman–Crippen LogP) is 1.31. The van der Waals surface area contributed by atoms with Crippen molar-refractivity contribution in [3.05, 3.63) is 55.8 Å². The fourth-order valence-corrected chi connectivity index (χ4v) is 2.50. The van der Waals surface area contributed by atoms with Crippen molar-refractivity contribution >= 4 is 33.9 Å². The summed E-state index contributed by atoms with van der Waals surface area (Å²) in [5, 5.41) is 5.01. The van der Waals surface area contributed by atoms with E-state index in [0.29, 0.717) is 21.9 Å². The van der Waals surface area contributed by atoms with Crippen LogP contribution in [0, 0.1) is 6.92 Å². The number of halogens is 1. The maximum Gasteiger partial charge on any atom is 0.327 e. The molecule has 23 heavy (non-hydrogen) atoms. The molecule has 0 bridgehead atoms. The molecule has 0 aliphatic carbocycles. The lowest BCUT2D eigenvalue weighted by molar-refractivity contribution is 0.878. The number of aromatic nitrogens is 6. The van der Waals surface area contributed by atoms with Crippen molar-refractivity contribution in [2.75, 3.05) is 0 Å². The van der Waals surface area contributed by atoms with Gasteiger partial charge in [-0.3, -0.25) is 14.8 Å². The summed E-state index contributed by atoms with van der Waals surface area (Å²) in [5.74, 6) is 0. The third-order valence-electron chi connectivity index (χ3n) is 3.42. The first-order valence-electron chi connectivity index (χ1n) is 6.68. The van der Waals surface area contributed by atoms with E-state index in [2.05, 4.69) is 25.0 Å². The van der Waals surface area contributed by atoms with E-state index in [1.807, 2.05) is 0 Å². The molecular weight excluding hydrogens is 320 g/mol. The molecule has 9 heteroatoms. The third kappa shape index (κ3) is 2.11. The Hall–Kier alpha value is -3.00. The van der Waals surface area contributed by atoms with Gasteiger partial charge in [-0.05, 0) is 31.2 Å². The highest BCUT2D eigenvalue weighted by Crippen LogP contribution is 2.20. The van der Waals surface area contributed by atoms with Gasteiger partial charge in [0.05, 0.1) is 11.4 Å². The van der Waals surface area contributed by atoms with Gasteiger partial charge in [0, 0.05) is 5.02 Å². The second-order valence-corrected chi connectivity index (χ2v) is 5.41. The Morgan fingerprint density at radius 3 is 2.52 bits per heavy atom. The zero-order valence-corrected chi connectivity index (χ0v) is 12.5. The summed E-state index contributed by atoms with van der Waals surface area (Å²) in [5.41, 5.74) is 1.26. The molecule has 0 saturated carbocycles. The molecule has 0 amide bonds. The summed E-state index contributed by atoms with van der Waals surface area (Å²) >= 11 is 5.90. The van der Waals surface area contributed by atoms with Crippen LogP contribution in [0.25, 0.3) is 28.0 Å². The van der Waals surface area contributed by atoms with E-state index >= 15 is 0 Å². The largest absolute Gasteiger partial charge is 0.327 e. The first kappa shape index (κ1) is 13.6. The molecule has 8 nitrogen and oxygen atoms in total. The van der Waals surface area contributed by atoms with Crippen LogP contribution in [0.2, 0.25) is 5.02 Å². The SMILES string of the molecule is Cc1nn(-c2ccc(Cl)cc2)c2nc3[nH]c(=O)[nH]c(=O)c3nc12. The first-order valence-corrected chi connectivity index (χ1v) is 7.06. The highest BCUT2D eigenvalue weighted by Gasteiger charge is 2.15. The normalized spacial score (nSPS) is 11.4. The van der Waals surface area contributed by atoms with E-state index < -0.39 is 11.2 Å². The van der Waals surface area contributed by atoms with E-state index in [-0.39, 0.29) is 11.2 Å². The Bertz CT molecular complexity index is 1170. The van der Waals surface area contributed by atoms with Gasteiger partial charge >= 0.3 is 5.69 Å². The summed E-state index contributed by atoms with van der Waals surface area (Å²) in [6.45, 7) is 1.77. The zero-order chi connectivity index (χ0) is 16.1. The van der Waals surface area contributed by atoms with Gasteiger partial charge in [0.1, 0.15) is 5.52 Å². The number of aryl methyl sites for hydroxylation is 1. The van der Waals surface area contributed by atoms with Crippen LogP contribution in [0.5, 0.6) is 0 Å². The smallest absolute Gasteiger partial charge is 0.290 e. The minimum atomic E-state index is -0.634. The van der Waals surface area contributed by atoms with Gasteiger partial charge in [-0.25, -0.2) is 19.4 Å². The molecule has 1 aromatic carbocycles. The minimum Gasteiger partial charge on any atom is -0.290 e. The molecule has 4 aromatic rings. The van der Waals surface area contributed by atoms with E-state index in [1.165, 1.54) is 0 Å². The van der Waals surface area contributed by atoms with E-state index in [9.17, 15) is 9.59 Å². The molecule has 0 fully saturated rings. The molecule has 2 N–H and O–H groups in total. The van der Waals surface area contributed by atoms with Crippen molar-refractivity contribution < 1.29 is 0 Å². The lowest BCUT2D eigenvalue weighted by atomic mass is 10.3. The molecule has 0 spiro atoms.